The molecule has 8 nitrogen and oxygen atoms in total. The number of thiazole rings is 1. The van der Waals surface area contributed by atoms with Gasteiger partial charge in [-0.15, -0.1) is 11.3 Å². The van der Waals surface area contributed by atoms with Gasteiger partial charge in [-0.1, -0.05) is 23.2 Å². The molecule has 1 unspecified atom stereocenters. The Kier molecular flexibility index (Phi) is 7.01. The molecule has 1 N–H and O–H groups in total. The van der Waals surface area contributed by atoms with E-state index >= 15 is 0 Å². The topological polar surface area (TPSA) is 95.5 Å². The highest BCUT2D eigenvalue weighted by molar-refractivity contribution is 7.15. The van der Waals surface area contributed by atoms with Crippen LogP contribution in [0.3, 0.4) is 0 Å². The van der Waals surface area contributed by atoms with Crippen LogP contribution in [-0.4, -0.2) is 27.0 Å². The average Bonchev–Trinajstić information content (AvgIpc) is 3.20. The second-order valence-corrected chi connectivity index (χ2v) is 8.64. The molecule has 0 aliphatic heterocycles. The van der Waals surface area contributed by atoms with E-state index in [0.29, 0.717) is 37.9 Å². The Labute approximate surface area is 197 Å². The molecule has 0 saturated carbocycles. The van der Waals surface area contributed by atoms with Crippen molar-refractivity contribution in [1.82, 2.24) is 20.4 Å². The normalized spacial score (nSPS) is 11.8. The first kappa shape index (κ1) is 22.2. The van der Waals surface area contributed by atoms with Crippen molar-refractivity contribution in [1.29, 1.82) is 0 Å². The number of aromatic nitrogens is 3. The fourth-order valence-electron chi connectivity index (χ4n) is 2.59. The van der Waals surface area contributed by atoms with Crippen LogP contribution in [0.5, 0.6) is 17.4 Å². The lowest BCUT2D eigenvalue weighted by Gasteiger charge is -2.14. The zero-order valence-electron chi connectivity index (χ0n) is 16.6. The minimum atomic E-state index is -0.773. The van der Waals surface area contributed by atoms with Gasteiger partial charge in [0, 0.05) is 11.2 Å². The van der Waals surface area contributed by atoms with Gasteiger partial charge in [0.2, 0.25) is 5.88 Å². The van der Waals surface area contributed by atoms with Gasteiger partial charge in [-0.05, 0) is 49.4 Å². The molecular formula is C21H16Cl2N4O4S. The summed E-state index contributed by atoms with van der Waals surface area (Å²) in [5.74, 6) is 0.963. The van der Waals surface area contributed by atoms with Crippen LogP contribution >= 0.6 is 34.5 Å². The third-order valence-electron chi connectivity index (χ3n) is 4.12. The van der Waals surface area contributed by atoms with Crippen molar-refractivity contribution in [2.24, 2.45) is 0 Å². The summed E-state index contributed by atoms with van der Waals surface area (Å²) in [4.78, 5) is 30.7. The Balaban J connectivity index is 1.29. The number of fused-ring (bicyclic) bond motifs is 1. The molecule has 0 saturated heterocycles. The maximum absolute atomic E-state index is 12.1. The summed E-state index contributed by atoms with van der Waals surface area (Å²) in [6.45, 7) is 1.78. The average molecular weight is 491 g/mol. The van der Waals surface area contributed by atoms with Crippen LogP contribution in [-0.2, 0) is 16.2 Å². The summed E-state index contributed by atoms with van der Waals surface area (Å²) >= 11 is 13.0. The third-order valence-corrected chi connectivity index (χ3v) is 5.45. The highest BCUT2D eigenvalue weighted by atomic mass is 35.5. The summed E-state index contributed by atoms with van der Waals surface area (Å²) < 4.78 is 11.8. The maximum atomic E-state index is 12.1. The van der Waals surface area contributed by atoms with E-state index in [-0.39, 0.29) is 6.61 Å². The number of amides is 1. The number of carbonyl (C=O) groups is 1. The van der Waals surface area contributed by atoms with Crippen LogP contribution in [0.4, 0.5) is 0 Å². The van der Waals surface area contributed by atoms with Gasteiger partial charge in [0.1, 0.15) is 18.1 Å². The molecule has 11 heteroatoms. The van der Waals surface area contributed by atoms with Gasteiger partial charge < -0.3 is 9.47 Å². The van der Waals surface area contributed by atoms with Crippen molar-refractivity contribution < 1.29 is 19.1 Å². The Bertz CT molecular complexity index is 1240. The van der Waals surface area contributed by atoms with Gasteiger partial charge in [0.05, 0.1) is 22.1 Å². The van der Waals surface area contributed by atoms with Gasteiger partial charge in [-0.3, -0.25) is 9.63 Å². The number of hydrogen-bond acceptors (Lipinski definition) is 8. The molecule has 4 rings (SSSR count). The van der Waals surface area contributed by atoms with Gasteiger partial charge in [0.15, 0.2) is 10.6 Å². The standard InChI is InChI=1S/C21H16Cl2N4O4S/c1-12(20(28)27-29-11-16-9-25-21(23)32-16)30-14-3-5-15(6-4-14)31-19-10-24-18-8-13(22)2-7-17(18)26-19/h2-10,12H,11H2,1H3,(H,27,28). The minimum Gasteiger partial charge on any atom is -0.481 e. The Morgan fingerprint density at radius 3 is 2.59 bits per heavy atom. The number of nitrogens with one attached hydrogen (secondary N) is 1. The van der Waals surface area contributed by atoms with Crippen molar-refractivity contribution in [3.05, 3.63) is 69.2 Å². The van der Waals surface area contributed by atoms with E-state index in [0.717, 1.165) is 4.88 Å². The molecule has 1 atom stereocenters. The van der Waals surface area contributed by atoms with Crippen LogP contribution in [0.1, 0.15) is 11.8 Å². The summed E-state index contributed by atoms with van der Waals surface area (Å²) in [6, 6.07) is 12.0. The molecule has 2 heterocycles. The zero-order valence-corrected chi connectivity index (χ0v) is 18.9. The van der Waals surface area contributed by atoms with E-state index in [9.17, 15) is 4.79 Å². The molecule has 2 aromatic carbocycles. The molecule has 0 spiro atoms. The van der Waals surface area contributed by atoms with E-state index in [1.807, 2.05) is 0 Å². The Hall–Kier alpha value is -2.98. The van der Waals surface area contributed by atoms with E-state index in [1.165, 1.54) is 17.5 Å². The van der Waals surface area contributed by atoms with E-state index < -0.39 is 12.0 Å². The second kappa shape index (κ2) is 10.1. The smallest absolute Gasteiger partial charge is 0.284 e. The minimum absolute atomic E-state index is 0.166. The Morgan fingerprint density at radius 2 is 1.84 bits per heavy atom. The molecule has 0 bridgehead atoms. The molecule has 4 aromatic rings. The van der Waals surface area contributed by atoms with Gasteiger partial charge in [0.25, 0.3) is 5.91 Å². The number of carbonyl (C=O) groups excluding carboxylic acids is 1. The fraction of sp³-hybridized carbons (Fsp3) is 0.143. The number of ether oxygens (including phenoxy) is 2. The van der Waals surface area contributed by atoms with E-state index in [1.54, 1.807) is 55.6 Å². The van der Waals surface area contributed by atoms with Crippen LogP contribution in [0.2, 0.25) is 9.49 Å². The predicted octanol–water partition coefficient (Wildman–Crippen LogP) is 5.20. The second-order valence-electron chi connectivity index (χ2n) is 6.51. The first-order valence-electron chi connectivity index (χ1n) is 9.35. The highest BCUT2D eigenvalue weighted by Crippen LogP contribution is 2.25. The summed E-state index contributed by atoms with van der Waals surface area (Å²) in [6.07, 6.45) is 2.34. The van der Waals surface area contributed by atoms with Crippen molar-refractivity contribution in [3.8, 4) is 17.4 Å². The molecule has 164 valence electrons. The third kappa shape index (κ3) is 5.83. The van der Waals surface area contributed by atoms with Crippen molar-refractivity contribution in [2.75, 3.05) is 0 Å². The Morgan fingerprint density at radius 1 is 1.06 bits per heavy atom. The van der Waals surface area contributed by atoms with Gasteiger partial charge in [-0.25, -0.2) is 20.4 Å². The molecule has 0 radical (unpaired) electrons. The first-order valence-corrected chi connectivity index (χ1v) is 10.9. The zero-order chi connectivity index (χ0) is 22.5. The SMILES string of the molecule is CC(Oc1ccc(Oc2cnc3cc(Cl)ccc3n2)cc1)C(=O)NOCc1cnc(Cl)s1. The monoisotopic (exact) mass is 490 g/mol. The number of hydrogen-bond donors (Lipinski definition) is 1. The molecule has 0 aliphatic rings. The van der Waals surface area contributed by atoms with Crippen molar-refractivity contribution in [2.45, 2.75) is 19.6 Å². The highest BCUT2D eigenvalue weighted by Gasteiger charge is 2.15. The molecular weight excluding hydrogens is 475 g/mol. The van der Waals surface area contributed by atoms with Gasteiger partial charge in [-0.2, -0.15) is 0 Å². The quantitative estimate of drug-likeness (QED) is 0.339. The molecule has 0 aliphatic carbocycles. The molecule has 0 fully saturated rings. The largest absolute Gasteiger partial charge is 0.481 e. The number of nitrogens with zero attached hydrogens (tertiary/aromatic N) is 3. The van der Waals surface area contributed by atoms with Crippen LogP contribution in [0.25, 0.3) is 11.0 Å². The number of halogens is 2. The fourth-order valence-corrected chi connectivity index (χ4v) is 3.65. The predicted molar refractivity (Wildman–Crippen MR) is 121 cm³/mol. The maximum Gasteiger partial charge on any atom is 0.284 e. The molecule has 1 amide bonds. The molecule has 2 aromatic heterocycles. The van der Waals surface area contributed by atoms with Crippen molar-refractivity contribution >= 4 is 51.5 Å². The van der Waals surface area contributed by atoms with Crippen molar-refractivity contribution in [3.63, 3.8) is 0 Å². The van der Waals surface area contributed by atoms with Crippen LogP contribution in [0.15, 0.2) is 54.9 Å². The first-order chi connectivity index (χ1) is 15.5. The van der Waals surface area contributed by atoms with Gasteiger partial charge >= 0.3 is 0 Å². The van der Waals surface area contributed by atoms with E-state index in [2.05, 4.69) is 20.4 Å². The van der Waals surface area contributed by atoms with E-state index in [4.69, 9.17) is 37.5 Å². The summed E-state index contributed by atoms with van der Waals surface area (Å²) in [5, 5.41) is 0.593. The lowest BCUT2D eigenvalue weighted by molar-refractivity contribution is -0.141. The summed E-state index contributed by atoms with van der Waals surface area (Å²) in [5.41, 5.74) is 3.70. The number of rotatable bonds is 8. The number of hydroxylamine groups is 1. The lowest BCUT2D eigenvalue weighted by atomic mass is 10.3. The molecule has 32 heavy (non-hydrogen) atoms. The van der Waals surface area contributed by atoms with Crippen LogP contribution in [0, 0.1) is 0 Å². The van der Waals surface area contributed by atoms with Crippen LogP contribution < -0.4 is 15.0 Å². The summed E-state index contributed by atoms with van der Waals surface area (Å²) in [7, 11) is 0. The lowest BCUT2D eigenvalue weighted by Crippen LogP contribution is -2.36. The number of benzene rings is 2.